The van der Waals surface area contributed by atoms with Crippen molar-refractivity contribution in [2.75, 3.05) is 0 Å². The minimum atomic E-state index is -1.79. The van der Waals surface area contributed by atoms with E-state index in [1.807, 2.05) is 0 Å². The largest absolute Gasteiger partial charge is 0.516 e. The van der Waals surface area contributed by atoms with Crippen molar-refractivity contribution in [3.8, 4) is 0 Å². The van der Waals surface area contributed by atoms with Crippen molar-refractivity contribution in [1.29, 1.82) is 0 Å². The minimum Gasteiger partial charge on any atom is -0.516 e. The quantitative estimate of drug-likeness (QED) is 0.375. The van der Waals surface area contributed by atoms with Crippen molar-refractivity contribution in [1.82, 2.24) is 0 Å². The van der Waals surface area contributed by atoms with E-state index >= 15 is 0 Å². The summed E-state index contributed by atoms with van der Waals surface area (Å²) in [5.41, 5.74) is 0.504. The number of rotatable bonds is 7. The molecule has 0 bridgehead atoms. The average molecular weight is 228 g/mol. The van der Waals surface area contributed by atoms with E-state index in [0.717, 1.165) is 6.04 Å². The Labute approximate surface area is 94.8 Å². The van der Waals surface area contributed by atoms with Gasteiger partial charge in [-0.3, -0.25) is 0 Å². The molecule has 2 nitrogen and oxygen atoms in total. The summed E-state index contributed by atoms with van der Waals surface area (Å²) in [4.78, 5) is 11.4. The van der Waals surface area contributed by atoms with E-state index in [1.165, 1.54) is 25.7 Å². The summed E-state index contributed by atoms with van der Waals surface area (Å²) >= 11 is 0. The Balaban J connectivity index is 3.86. The van der Waals surface area contributed by atoms with Crippen molar-refractivity contribution in [2.45, 2.75) is 58.7 Å². The lowest BCUT2D eigenvalue weighted by atomic mass is 10.2. The minimum absolute atomic E-state index is 0.220. The Hall–Kier alpha value is -0.573. The van der Waals surface area contributed by atoms with Crippen molar-refractivity contribution in [3.05, 3.63) is 12.2 Å². The molecule has 0 saturated carbocycles. The Morgan fingerprint density at radius 3 is 2.33 bits per heavy atom. The molecule has 0 aromatic carbocycles. The monoisotopic (exact) mass is 228 g/mol. The maximum atomic E-state index is 11.4. The summed E-state index contributed by atoms with van der Waals surface area (Å²) in [5.74, 6) is -0.220. The van der Waals surface area contributed by atoms with Gasteiger partial charge in [-0.05, 0) is 26.1 Å². The van der Waals surface area contributed by atoms with Gasteiger partial charge < -0.3 is 4.43 Å². The van der Waals surface area contributed by atoms with Gasteiger partial charge in [0.1, 0.15) is 0 Å². The molecular weight excluding hydrogens is 204 g/mol. The Kier molecular flexibility index (Phi) is 6.57. The maximum Gasteiger partial charge on any atom is 0.319 e. The molecule has 0 rings (SSSR count). The lowest BCUT2D eigenvalue weighted by Crippen LogP contribution is -2.33. The summed E-state index contributed by atoms with van der Waals surface area (Å²) in [6.07, 6.45) is 4.94. The molecule has 0 spiro atoms. The first kappa shape index (κ1) is 14.4. The normalized spacial score (nSPS) is 11.2. The van der Waals surface area contributed by atoms with Crippen LogP contribution in [0.25, 0.3) is 0 Å². The molecule has 0 radical (unpaired) electrons. The maximum absolute atomic E-state index is 11.4. The molecule has 88 valence electrons. The highest BCUT2D eigenvalue weighted by Crippen LogP contribution is 2.17. The second-order valence-electron chi connectivity index (χ2n) is 4.74. The topological polar surface area (TPSA) is 26.3 Å². The van der Waals surface area contributed by atoms with Gasteiger partial charge in [-0.2, -0.15) is 0 Å². The van der Waals surface area contributed by atoms with E-state index in [0.29, 0.717) is 5.57 Å². The molecule has 0 saturated heterocycles. The molecule has 3 heteroatoms. The van der Waals surface area contributed by atoms with Crippen LogP contribution in [0.4, 0.5) is 0 Å². The zero-order valence-electron chi connectivity index (χ0n) is 10.6. The smallest absolute Gasteiger partial charge is 0.319 e. The lowest BCUT2D eigenvalue weighted by Gasteiger charge is -2.22. The van der Waals surface area contributed by atoms with Crippen molar-refractivity contribution in [2.24, 2.45) is 0 Å². The molecule has 0 N–H and O–H groups in total. The highest BCUT2D eigenvalue weighted by molar-refractivity contribution is 6.72. The van der Waals surface area contributed by atoms with Gasteiger partial charge in [0.25, 0.3) is 0 Å². The number of carbonyl (C=O) groups is 1. The first-order valence-corrected chi connectivity index (χ1v) is 8.89. The summed E-state index contributed by atoms with van der Waals surface area (Å²) in [7, 11) is -1.79. The van der Waals surface area contributed by atoms with Gasteiger partial charge in [-0.15, -0.1) is 0 Å². The molecule has 0 heterocycles. The molecule has 0 atom stereocenters. The van der Waals surface area contributed by atoms with Gasteiger partial charge >= 0.3 is 5.97 Å². The fraction of sp³-hybridized carbons (Fsp3) is 0.750. The van der Waals surface area contributed by atoms with Crippen molar-refractivity contribution < 1.29 is 9.22 Å². The predicted molar refractivity (Wildman–Crippen MR) is 67.3 cm³/mol. The molecule has 0 aromatic heterocycles. The second kappa shape index (κ2) is 6.83. The molecule has 15 heavy (non-hydrogen) atoms. The van der Waals surface area contributed by atoms with Crippen LogP contribution in [0.3, 0.4) is 0 Å². The Bertz CT molecular complexity index is 222. The van der Waals surface area contributed by atoms with Gasteiger partial charge in [0.2, 0.25) is 8.32 Å². The third-order valence-corrected chi connectivity index (χ3v) is 4.65. The zero-order chi connectivity index (χ0) is 11.9. The molecule has 0 fully saturated rings. The van der Waals surface area contributed by atoms with Gasteiger partial charge in [0.15, 0.2) is 0 Å². The van der Waals surface area contributed by atoms with Crippen LogP contribution in [0.5, 0.6) is 0 Å². The third kappa shape index (κ3) is 7.37. The van der Waals surface area contributed by atoms with E-state index in [2.05, 4.69) is 26.6 Å². The van der Waals surface area contributed by atoms with E-state index in [-0.39, 0.29) is 5.97 Å². The molecule has 0 aromatic rings. The van der Waals surface area contributed by atoms with E-state index in [9.17, 15) is 4.79 Å². The van der Waals surface area contributed by atoms with Gasteiger partial charge in [-0.1, -0.05) is 39.2 Å². The molecular formula is C12H24O2Si. The number of hydrogen-bond donors (Lipinski definition) is 0. The average Bonchev–Trinajstić information content (AvgIpc) is 2.11. The lowest BCUT2D eigenvalue weighted by molar-refractivity contribution is -0.130. The molecule has 0 aliphatic rings. The fourth-order valence-electron chi connectivity index (χ4n) is 1.37. The van der Waals surface area contributed by atoms with Gasteiger partial charge in [0, 0.05) is 5.57 Å². The molecule has 0 aliphatic carbocycles. The van der Waals surface area contributed by atoms with Gasteiger partial charge in [-0.25, -0.2) is 4.79 Å². The summed E-state index contributed by atoms with van der Waals surface area (Å²) < 4.78 is 5.48. The molecule has 0 aliphatic heterocycles. The third-order valence-electron chi connectivity index (χ3n) is 2.35. The second-order valence-corrected chi connectivity index (χ2v) is 8.96. The fourth-order valence-corrected chi connectivity index (χ4v) is 3.25. The van der Waals surface area contributed by atoms with Crippen LogP contribution in [0.2, 0.25) is 19.1 Å². The number of hydrogen-bond acceptors (Lipinski definition) is 2. The first-order valence-electron chi connectivity index (χ1n) is 5.78. The van der Waals surface area contributed by atoms with Crippen molar-refractivity contribution >= 4 is 14.3 Å². The van der Waals surface area contributed by atoms with Crippen LogP contribution in [0.15, 0.2) is 12.2 Å². The van der Waals surface area contributed by atoms with E-state index in [1.54, 1.807) is 6.92 Å². The Morgan fingerprint density at radius 2 is 1.87 bits per heavy atom. The van der Waals surface area contributed by atoms with Gasteiger partial charge in [0.05, 0.1) is 0 Å². The molecule has 0 amide bonds. The number of unbranched alkanes of at least 4 members (excludes halogenated alkanes) is 3. The van der Waals surface area contributed by atoms with Crippen LogP contribution in [0.1, 0.15) is 39.5 Å². The zero-order valence-corrected chi connectivity index (χ0v) is 11.6. The van der Waals surface area contributed by atoms with Crippen LogP contribution in [-0.4, -0.2) is 14.3 Å². The first-order chi connectivity index (χ1) is 6.89. The molecule has 0 unspecified atom stereocenters. The van der Waals surface area contributed by atoms with Crippen LogP contribution in [0, 0.1) is 0 Å². The highest BCUT2D eigenvalue weighted by Gasteiger charge is 2.26. The highest BCUT2D eigenvalue weighted by atomic mass is 28.4. The van der Waals surface area contributed by atoms with E-state index < -0.39 is 8.32 Å². The summed E-state index contributed by atoms with van der Waals surface area (Å²) in [6, 6.07) is 1.06. The summed E-state index contributed by atoms with van der Waals surface area (Å²) in [6.45, 7) is 11.7. The van der Waals surface area contributed by atoms with Crippen LogP contribution in [-0.2, 0) is 9.22 Å². The standard InChI is InChI=1S/C12H24O2Si/c1-6-7-8-9-10-15(4,5)14-12(13)11(2)3/h2,6-10H2,1,3-5H3. The van der Waals surface area contributed by atoms with Crippen LogP contribution < -0.4 is 0 Å². The number of carbonyl (C=O) groups excluding carboxylic acids is 1. The predicted octanol–water partition coefficient (Wildman–Crippen LogP) is 3.89. The SMILES string of the molecule is C=C(C)C(=O)O[Si](C)(C)CCCCCC. The van der Waals surface area contributed by atoms with Crippen molar-refractivity contribution in [3.63, 3.8) is 0 Å². The summed E-state index contributed by atoms with van der Waals surface area (Å²) in [5, 5.41) is 0. The van der Waals surface area contributed by atoms with Crippen LogP contribution >= 0.6 is 0 Å². The Morgan fingerprint density at radius 1 is 1.27 bits per heavy atom. The van der Waals surface area contributed by atoms with E-state index in [4.69, 9.17) is 4.43 Å².